The molecule has 0 amide bonds. The number of ether oxygens (including phenoxy) is 2. The summed E-state index contributed by atoms with van der Waals surface area (Å²) in [4.78, 5) is 31.1. The Balaban J connectivity index is 1.48. The number of hydrogen-bond donors (Lipinski definition) is 1. The zero-order valence-electron chi connectivity index (χ0n) is 20.3. The lowest BCUT2D eigenvalue weighted by Gasteiger charge is -2.30. The highest BCUT2D eigenvalue weighted by molar-refractivity contribution is 6.05. The summed E-state index contributed by atoms with van der Waals surface area (Å²) in [5.41, 5.74) is 3.06. The van der Waals surface area contributed by atoms with Gasteiger partial charge in [0.2, 0.25) is 0 Å². The SMILES string of the molecule is COc1ccc2c(c1)C(CC(=O)O)(c1ccc(C=CC(=O)OCCN3CCCCC3)cc1)C(C)=N2. The van der Waals surface area contributed by atoms with E-state index >= 15 is 0 Å². The average Bonchev–Trinajstić information content (AvgIpc) is 3.14. The van der Waals surface area contributed by atoms with Gasteiger partial charge >= 0.3 is 11.9 Å². The molecule has 1 unspecified atom stereocenters. The predicted molar refractivity (Wildman–Crippen MR) is 136 cm³/mol. The van der Waals surface area contributed by atoms with Crippen LogP contribution in [0.5, 0.6) is 5.75 Å². The van der Waals surface area contributed by atoms with Gasteiger partial charge in [0.05, 0.1) is 24.6 Å². The number of methoxy groups -OCH3 is 1. The van der Waals surface area contributed by atoms with Crippen LogP contribution in [-0.4, -0.2) is 61.0 Å². The van der Waals surface area contributed by atoms with Crippen molar-refractivity contribution in [1.29, 1.82) is 0 Å². The molecule has 184 valence electrons. The molecule has 1 fully saturated rings. The fourth-order valence-electron chi connectivity index (χ4n) is 5.02. The summed E-state index contributed by atoms with van der Waals surface area (Å²) in [7, 11) is 1.59. The molecule has 7 nitrogen and oxygen atoms in total. The van der Waals surface area contributed by atoms with Crippen molar-refractivity contribution in [1.82, 2.24) is 4.90 Å². The van der Waals surface area contributed by atoms with Crippen LogP contribution in [0.3, 0.4) is 0 Å². The average molecular weight is 477 g/mol. The van der Waals surface area contributed by atoms with E-state index in [0.29, 0.717) is 12.4 Å². The standard InChI is InChI=1S/C28H32N2O5/c1-20-28(19-26(31)32,24-18-23(34-2)11-12-25(24)29-20)22-9-6-21(7-10-22)8-13-27(33)35-17-16-30-14-4-3-5-15-30/h6-13,18H,3-5,14-17,19H2,1-2H3,(H,31,32). The Morgan fingerprint density at radius 1 is 1.11 bits per heavy atom. The highest BCUT2D eigenvalue weighted by atomic mass is 16.5. The maximum atomic E-state index is 12.1. The van der Waals surface area contributed by atoms with Gasteiger partial charge in [0.25, 0.3) is 0 Å². The largest absolute Gasteiger partial charge is 0.497 e. The first kappa shape index (κ1) is 24.7. The van der Waals surface area contributed by atoms with E-state index in [4.69, 9.17) is 9.47 Å². The molecule has 0 aliphatic carbocycles. The number of aliphatic carboxylic acids is 1. The molecule has 4 rings (SSSR count). The van der Waals surface area contributed by atoms with Gasteiger partial charge in [-0.1, -0.05) is 30.7 Å². The van der Waals surface area contributed by atoms with Gasteiger partial charge < -0.3 is 14.6 Å². The number of carbonyl (C=O) groups excluding carboxylic acids is 1. The lowest BCUT2D eigenvalue weighted by molar-refractivity contribution is -0.138. The number of carboxylic acids is 1. The number of aliphatic imine (C=N–C) groups is 1. The summed E-state index contributed by atoms with van der Waals surface area (Å²) in [6.45, 7) is 5.17. The number of piperidine rings is 1. The third-order valence-corrected chi connectivity index (χ3v) is 6.90. The Morgan fingerprint density at radius 3 is 2.54 bits per heavy atom. The van der Waals surface area contributed by atoms with E-state index in [1.807, 2.05) is 49.4 Å². The maximum Gasteiger partial charge on any atom is 0.330 e. The van der Waals surface area contributed by atoms with E-state index < -0.39 is 11.4 Å². The van der Waals surface area contributed by atoms with Crippen molar-refractivity contribution < 1.29 is 24.2 Å². The number of esters is 1. The van der Waals surface area contributed by atoms with E-state index in [1.165, 1.54) is 25.3 Å². The number of benzene rings is 2. The second-order valence-electron chi connectivity index (χ2n) is 9.08. The Morgan fingerprint density at radius 2 is 1.86 bits per heavy atom. The Labute approximate surface area is 206 Å². The number of nitrogens with zero attached hydrogens (tertiary/aromatic N) is 2. The van der Waals surface area contributed by atoms with Gasteiger partial charge in [-0.2, -0.15) is 0 Å². The molecule has 1 saturated heterocycles. The Kier molecular flexibility index (Phi) is 7.66. The highest BCUT2D eigenvalue weighted by Gasteiger charge is 2.45. The molecule has 2 aliphatic rings. The molecular weight excluding hydrogens is 444 g/mol. The number of hydrogen-bond acceptors (Lipinski definition) is 6. The quantitative estimate of drug-likeness (QED) is 0.420. The summed E-state index contributed by atoms with van der Waals surface area (Å²) < 4.78 is 10.7. The molecule has 35 heavy (non-hydrogen) atoms. The topological polar surface area (TPSA) is 88.4 Å². The van der Waals surface area contributed by atoms with Crippen molar-refractivity contribution in [3.05, 3.63) is 65.2 Å². The Hall–Kier alpha value is -3.45. The van der Waals surface area contributed by atoms with E-state index in [0.717, 1.165) is 47.7 Å². The van der Waals surface area contributed by atoms with Gasteiger partial charge in [0, 0.05) is 18.3 Å². The van der Waals surface area contributed by atoms with Crippen LogP contribution in [0, 0.1) is 0 Å². The molecule has 0 saturated carbocycles. The monoisotopic (exact) mass is 476 g/mol. The van der Waals surface area contributed by atoms with Crippen LogP contribution in [0.25, 0.3) is 6.08 Å². The maximum absolute atomic E-state index is 12.1. The summed E-state index contributed by atoms with van der Waals surface area (Å²) >= 11 is 0. The molecule has 2 heterocycles. The molecular formula is C28H32N2O5. The normalized spacial score (nSPS) is 19.9. The molecule has 1 N–H and O–H groups in total. The first-order valence-corrected chi connectivity index (χ1v) is 12.1. The van der Waals surface area contributed by atoms with Crippen LogP contribution in [0.15, 0.2) is 53.5 Å². The zero-order chi connectivity index (χ0) is 24.8. The fraction of sp³-hybridized carbons (Fsp3) is 0.393. The number of carbonyl (C=O) groups is 2. The van der Waals surface area contributed by atoms with Crippen LogP contribution < -0.4 is 4.74 Å². The number of carboxylic acid groups (broad SMARTS) is 1. The molecule has 0 radical (unpaired) electrons. The molecule has 0 bridgehead atoms. The minimum atomic E-state index is -0.911. The van der Waals surface area contributed by atoms with Gasteiger partial charge in [0.15, 0.2) is 0 Å². The van der Waals surface area contributed by atoms with Crippen molar-refractivity contribution >= 4 is 29.4 Å². The molecule has 0 aromatic heterocycles. The van der Waals surface area contributed by atoms with E-state index in [2.05, 4.69) is 9.89 Å². The minimum Gasteiger partial charge on any atom is -0.497 e. The highest BCUT2D eigenvalue weighted by Crippen LogP contribution is 2.48. The van der Waals surface area contributed by atoms with Gasteiger partial charge in [-0.25, -0.2) is 4.79 Å². The summed E-state index contributed by atoms with van der Waals surface area (Å²) in [6, 6.07) is 13.1. The third-order valence-electron chi connectivity index (χ3n) is 6.90. The zero-order valence-corrected chi connectivity index (χ0v) is 20.3. The van der Waals surface area contributed by atoms with Gasteiger partial charge in [-0.15, -0.1) is 0 Å². The van der Waals surface area contributed by atoms with Gasteiger partial charge in [0.1, 0.15) is 12.4 Å². The first-order chi connectivity index (χ1) is 16.9. The minimum absolute atomic E-state index is 0.124. The van der Waals surface area contributed by atoms with Crippen molar-refractivity contribution in [2.45, 2.75) is 38.0 Å². The van der Waals surface area contributed by atoms with Crippen molar-refractivity contribution in [3.8, 4) is 5.75 Å². The molecule has 2 aromatic rings. The smallest absolute Gasteiger partial charge is 0.330 e. The van der Waals surface area contributed by atoms with E-state index in [9.17, 15) is 14.7 Å². The number of fused-ring (bicyclic) bond motifs is 1. The lowest BCUT2D eigenvalue weighted by Crippen LogP contribution is -2.35. The lowest BCUT2D eigenvalue weighted by atomic mass is 9.70. The summed E-state index contributed by atoms with van der Waals surface area (Å²) in [5.74, 6) is -0.624. The van der Waals surface area contributed by atoms with Crippen LogP contribution in [-0.2, 0) is 19.7 Å². The van der Waals surface area contributed by atoms with E-state index in [-0.39, 0.29) is 12.4 Å². The second-order valence-corrected chi connectivity index (χ2v) is 9.08. The summed E-state index contributed by atoms with van der Waals surface area (Å²) in [6.07, 6.45) is 6.72. The van der Waals surface area contributed by atoms with E-state index in [1.54, 1.807) is 13.2 Å². The third kappa shape index (κ3) is 5.46. The van der Waals surface area contributed by atoms with Crippen LogP contribution in [0.1, 0.15) is 49.3 Å². The molecule has 7 heteroatoms. The molecule has 2 aliphatic heterocycles. The van der Waals surface area contributed by atoms with Crippen molar-refractivity contribution in [2.75, 3.05) is 33.4 Å². The van der Waals surface area contributed by atoms with Gasteiger partial charge in [-0.05, 0) is 73.8 Å². The van der Waals surface area contributed by atoms with Gasteiger partial charge in [-0.3, -0.25) is 14.7 Å². The fourth-order valence-corrected chi connectivity index (χ4v) is 5.02. The molecule has 2 aromatic carbocycles. The van der Waals surface area contributed by atoms with Crippen LogP contribution in [0.4, 0.5) is 5.69 Å². The van der Waals surface area contributed by atoms with Crippen molar-refractivity contribution in [2.24, 2.45) is 4.99 Å². The number of likely N-dealkylation sites (tertiary alicyclic amines) is 1. The Bertz CT molecular complexity index is 1130. The summed E-state index contributed by atoms with van der Waals surface area (Å²) in [5, 5.41) is 9.77. The van der Waals surface area contributed by atoms with Crippen LogP contribution in [0.2, 0.25) is 0 Å². The first-order valence-electron chi connectivity index (χ1n) is 12.1. The van der Waals surface area contributed by atoms with Crippen LogP contribution >= 0.6 is 0 Å². The molecule has 0 spiro atoms. The number of rotatable bonds is 9. The second kappa shape index (κ2) is 10.9. The molecule has 1 atom stereocenters. The predicted octanol–water partition coefficient (Wildman–Crippen LogP) is 4.60. The van der Waals surface area contributed by atoms with Crippen molar-refractivity contribution in [3.63, 3.8) is 0 Å².